The zero-order valence-corrected chi connectivity index (χ0v) is 13.8. The van der Waals surface area contributed by atoms with E-state index in [0.717, 1.165) is 5.56 Å². The number of phenols is 1. The lowest BCUT2D eigenvalue weighted by Gasteiger charge is -2.03. The largest absolute Gasteiger partial charge is 0.508 e. The number of furan rings is 1. The number of aromatic hydroxyl groups is 1. The zero-order valence-electron chi connectivity index (χ0n) is 13.8. The first-order valence-electron chi connectivity index (χ1n) is 7.79. The quantitative estimate of drug-likeness (QED) is 0.427. The van der Waals surface area contributed by atoms with Crippen LogP contribution in [0.2, 0.25) is 0 Å². The van der Waals surface area contributed by atoms with E-state index in [9.17, 15) is 9.90 Å². The maximum atomic E-state index is 11.9. The van der Waals surface area contributed by atoms with Crippen LogP contribution in [-0.2, 0) is 4.74 Å². The predicted octanol–water partition coefficient (Wildman–Crippen LogP) is 4.19. The average Bonchev–Trinajstić information content (AvgIpc) is 3.15. The summed E-state index contributed by atoms with van der Waals surface area (Å²) in [6, 6.07) is 17.0. The second-order valence-electron chi connectivity index (χ2n) is 5.34. The summed E-state index contributed by atoms with van der Waals surface area (Å²) in [6.07, 6.45) is 6.67. The van der Waals surface area contributed by atoms with Crippen LogP contribution in [0, 0.1) is 12.3 Å². The average molecular weight is 345 g/mol. The Kier molecular flexibility index (Phi) is 5.16. The molecule has 0 aliphatic rings. The van der Waals surface area contributed by atoms with Crippen molar-refractivity contribution < 1.29 is 19.1 Å². The molecule has 0 fully saturated rings. The highest BCUT2D eigenvalue weighted by atomic mass is 16.5. The van der Waals surface area contributed by atoms with Crippen molar-refractivity contribution in [2.45, 2.75) is 0 Å². The summed E-state index contributed by atoms with van der Waals surface area (Å²) in [7, 11) is 0. The zero-order chi connectivity index (χ0) is 18.4. The summed E-state index contributed by atoms with van der Waals surface area (Å²) in [6.45, 7) is -0.0678. The van der Waals surface area contributed by atoms with Crippen LogP contribution < -0.4 is 0 Å². The number of benzene rings is 2. The molecule has 0 saturated heterocycles. The second-order valence-corrected chi connectivity index (χ2v) is 5.34. The summed E-state index contributed by atoms with van der Waals surface area (Å²) in [5.74, 6) is 3.13. The number of rotatable bonds is 5. The van der Waals surface area contributed by atoms with Gasteiger partial charge in [0.05, 0.1) is 17.5 Å². The van der Waals surface area contributed by atoms with E-state index in [4.69, 9.17) is 15.6 Å². The molecule has 0 saturated carbocycles. The third-order valence-corrected chi connectivity index (χ3v) is 3.49. The number of carbonyl (C=O) groups excluding carboxylic acids is 1. The fraction of sp³-hybridized carbons (Fsp3) is 0.0476. The van der Waals surface area contributed by atoms with Gasteiger partial charge < -0.3 is 14.3 Å². The molecule has 5 nitrogen and oxygen atoms in total. The van der Waals surface area contributed by atoms with E-state index in [2.05, 4.69) is 10.9 Å². The fourth-order valence-corrected chi connectivity index (χ4v) is 2.24. The number of nitrogens with zero attached hydrogens (tertiary/aromatic N) is 1. The van der Waals surface area contributed by atoms with Crippen molar-refractivity contribution in [3.05, 3.63) is 72.0 Å². The number of hydrogen-bond donors (Lipinski definition) is 1. The van der Waals surface area contributed by atoms with Crippen LogP contribution >= 0.6 is 0 Å². The van der Waals surface area contributed by atoms with Gasteiger partial charge in [0.25, 0.3) is 0 Å². The minimum atomic E-state index is -0.481. The molecule has 0 amide bonds. The van der Waals surface area contributed by atoms with Gasteiger partial charge in [-0.15, -0.1) is 6.42 Å². The monoisotopic (exact) mass is 345 g/mol. The SMILES string of the molecule is C#CCOC(=O)c1cccc(-c2ccc(C=Nc3ccc(O)cc3)o2)c1. The topological polar surface area (TPSA) is 72.0 Å². The molecule has 26 heavy (non-hydrogen) atoms. The molecule has 0 aliphatic heterocycles. The van der Waals surface area contributed by atoms with Crippen LogP contribution in [0.5, 0.6) is 5.75 Å². The minimum Gasteiger partial charge on any atom is -0.508 e. The van der Waals surface area contributed by atoms with Gasteiger partial charge in [0.2, 0.25) is 0 Å². The molecule has 3 aromatic rings. The van der Waals surface area contributed by atoms with Crippen molar-refractivity contribution in [1.82, 2.24) is 0 Å². The Bertz CT molecular complexity index is 978. The van der Waals surface area contributed by atoms with Gasteiger partial charge in [0, 0.05) is 5.56 Å². The maximum absolute atomic E-state index is 11.9. The Balaban J connectivity index is 1.76. The van der Waals surface area contributed by atoms with E-state index in [1.54, 1.807) is 60.8 Å². The molecule has 128 valence electrons. The van der Waals surface area contributed by atoms with Gasteiger partial charge in [-0.1, -0.05) is 18.1 Å². The van der Waals surface area contributed by atoms with Crippen LogP contribution in [0.3, 0.4) is 0 Å². The van der Waals surface area contributed by atoms with Crippen molar-refractivity contribution in [1.29, 1.82) is 0 Å². The molecule has 0 bridgehead atoms. The van der Waals surface area contributed by atoms with E-state index < -0.39 is 5.97 Å². The summed E-state index contributed by atoms with van der Waals surface area (Å²) in [5, 5.41) is 9.27. The van der Waals surface area contributed by atoms with E-state index in [0.29, 0.717) is 22.8 Å². The summed E-state index contributed by atoms with van der Waals surface area (Å²) >= 11 is 0. The molecule has 0 radical (unpaired) electrons. The molecule has 0 spiro atoms. The van der Waals surface area contributed by atoms with E-state index in [-0.39, 0.29) is 12.4 Å². The van der Waals surface area contributed by atoms with E-state index in [1.807, 2.05) is 6.07 Å². The Hall–Kier alpha value is -3.78. The minimum absolute atomic E-state index is 0.0678. The molecule has 1 N–H and O–H groups in total. The van der Waals surface area contributed by atoms with Gasteiger partial charge in [-0.25, -0.2) is 4.79 Å². The Labute approximate surface area is 150 Å². The number of carbonyl (C=O) groups is 1. The molecule has 0 atom stereocenters. The number of esters is 1. The molecule has 1 aromatic heterocycles. The number of phenolic OH excluding ortho intramolecular Hbond substituents is 1. The first-order chi connectivity index (χ1) is 12.7. The lowest BCUT2D eigenvalue weighted by Crippen LogP contribution is -2.05. The summed E-state index contributed by atoms with van der Waals surface area (Å²) in [4.78, 5) is 16.2. The molecule has 0 unspecified atom stereocenters. The molecule has 3 rings (SSSR count). The standard InChI is InChI=1S/C21H15NO4/c1-2-12-25-21(24)16-5-3-4-15(13-16)20-11-10-19(26-20)14-22-17-6-8-18(23)9-7-17/h1,3-11,13-14,23H,12H2. The number of aliphatic imine (C=N–C) groups is 1. The van der Waals surface area contributed by atoms with Gasteiger partial charge in [-0.3, -0.25) is 4.99 Å². The molecule has 5 heteroatoms. The van der Waals surface area contributed by atoms with E-state index in [1.165, 1.54) is 0 Å². The third kappa shape index (κ3) is 4.19. The Morgan fingerprint density at radius 3 is 2.77 bits per heavy atom. The third-order valence-electron chi connectivity index (χ3n) is 3.49. The van der Waals surface area contributed by atoms with Gasteiger partial charge in [0.15, 0.2) is 6.61 Å². The summed E-state index contributed by atoms with van der Waals surface area (Å²) in [5.41, 5.74) is 1.83. The van der Waals surface area contributed by atoms with Gasteiger partial charge in [-0.05, 0) is 48.5 Å². The first-order valence-corrected chi connectivity index (χ1v) is 7.79. The van der Waals surface area contributed by atoms with Gasteiger partial charge in [0.1, 0.15) is 17.3 Å². The van der Waals surface area contributed by atoms with Crippen molar-refractivity contribution >= 4 is 17.9 Å². The molecule has 1 heterocycles. The highest BCUT2D eigenvalue weighted by Gasteiger charge is 2.10. The van der Waals surface area contributed by atoms with Crippen LogP contribution in [-0.4, -0.2) is 23.9 Å². The fourth-order valence-electron chi connectivity index (χ4n) is 2.24. The predicted molar refractivity (Wildman–Crippen MR) is 98.6 cm³/mol. The number of ether oxygens (including phenoxy) is 1. The maximum Gasteiger partial charge on any atom is 0.339 e. The lowest BCUT2D eigenvalue weighted by atomic mass is 10.1. The van der Waals surface area contributed by atoms with Crippen molar-refractivity contribution in [2.24, 2.45) is 4.99 Å². The highest BCUT2D eigenvalue weighted by Crippen LogP contribution is 2.23. The first kappa shape index (κ1) is 17.1. The van der Waals surface area contributed by atoms with Gasteiger partial charge >= 0.3 is 5.97 Å². The van der Waals surface area contributed by atoms with Crippen LogP contribution in [0.1, 0.15) is 16.1 Å². The number of terminal acetylenes is 1. The highest BCUT2D eigenvalue weighted by molar-refractivity contribution is 5.91. The molecule has 2 aromatic carbocycles. The van der Waals surface area contributed by atoms with Crippen molar-refractivity contribution in [3.8, 4) is 29.4 Å². The summed E-state index contributed by atoms with van der Waals surface area (Å²) < 4.78 is 10.7. The molecular formula is C21H15NO4. The Morgan fingerprint density at radius 1 is 1.19 bits per heavy atom. The van der Waals surface area contributed by atoms with Crippen LogP contribution in [0.15, 0.2) is 70.1 Å². The van der Waals surface area contributed by atoms with Crippen molar-refractivity contribution in [2.75, 3.05) is 6.61 Å². The number of hydrogen-bond acceptors (Lipinski definition) is 5. The normalized spacial score (nSPS) is 10.6. The Morgan fingerprint density at radius 2 is 2.00 bits per heavy atom. The molecule has 0 aliphatic carbocycles. The lowest BCUT2D eigenvalue weighted by molar-refractivity contribution is 0.0557. The van der Waals surface area contributed by atoms with Crippen LogP contribution in [0.4, 0.5) is 5.69 Å². The van der Waals surface area contributed by atoms with Crippen molar-refractivity contribution in [3.63, 3.8) is 0 Å². The molecular weight excluding hydrogens is 330 g/mol. The smallest absolute Gasteiger partial charge is 0.339 e. The van der Waals surface area contributed by atoms with E-state index >= 15 is 0 Å². The van der Waals surface area contributed by atoms with Gasteiger partial charge in [-0.2, -0.15) is 0 Å². The van der Waals surface area contributed by atoms with Crippen LogP contribution in [0.25, 0.3) is 11.3 Å². The second kappa shape index (κ2) is 7.86.